The molecule has 0 aliphatic carbocycles. The van der Waals surface area contributed by atoms with Crippen LogP contribution in [0.25, 0.3) is 0 Å². The Bertz CT molecular complexity index is 1060. The summed E-state index contributed by atoms with van der Waals surface area (Å²) in [4.78, 5) is 29.9. The second-order valence-corrected chi connectivity index (χ2v) is 9.27. The van der Waals surface area contributed by atoms with Crippen molar-refractivity contribution >= 4 is 12.0 Å². The molecule has 37 heavy (non-hydrogen) atoms. The molecule has 0 aliphatic rings. The number of hydrogen-bond donors (Lipinski definition) is 2. The molecule has 2 amide bonds. The summed E-state index contributed by atoms with van der Waals surface area (Å²) in [5.41, 5.74) is -1.43. The van der Waals surface area contributed by atoms with Gasteiger partial charge in [-0.15, -0.1) is 0 Å². The van der Waals surface area contributed by atoms with Crippen molar-refractivity contribution in [2.24, 2.45) is 0 Å². The van der Waals surface area contributed by atoms with Gasteiger partial charge >= 0.3 is 18.4 Å². The fourth-order valence-corrected chi connectivity index (χ4v) is 3.59. The summed E-state index contributed by atoms with van der Waals surface area (Å²) >= 11 is 0. The number of halogens is 6. The van der Waals surface area contributed by atoms with Gasteiger partial charge in [-0.2, -0.15) is 26.3 Å². The van der Waals surface area contributed by atoms with Gasteiger partial charge in [0.15, 0.2) is 6.61 Å². The van der Waals surface area contributed by atoms with E-state index < -0.39 is 60.6 Å². The van der Waals surface area contributed by atoms with Crippen LogP contribution in [0, 0.1) is 0 Å². The topological polar surface area (TPSA) is 91.8 Å². The fraction of sp³-hybridized carbons (Fsp3) is 0.458. The first kappa shape index (κ1) is 29.7. The Kier molecular flexibility index (Phi) is 9.04. The lowest BCUT2D eigenvalue weighted by Crippen LogP contribution is -2.48. The van der Waals surface area contributed by atoms with Crippen LogP contribution in [0.1, 0.15) is 63.0 Å². The molecule has 2 atom stereocenters. The van der Waals surface area contributed by atoms with E-state index >= 15 is 0 Å². The predicted octanol–water partition coefficient (Wildman–Crippen LogP) is 6.13. The number of alkyl halides is 6. The van der Waals surface area contributed by atoms with E-state index in [9.17, 15) is 41.0 Å². The van der Waals surface area contributed by atoms with Crippen molar-refractivity contribution in [1.29, 1.82) is 0 Å². The molecule has 1 aromatic heterocycles. The van der Waals surface area contributed by atoms with E-state index in [0.29, 0.717) is 5.69 Å². The van der Waals surface area contributed by atoms with E-state index in [2.05, 4.69) is 15.0 Å². The molecule has 1 aromatic carbocycles. The highest BCUT2D eigenvalue weighted by atomic mass is 19.4. The molecular formula is C24H27F6N3O4. The smallest absolute Gasteiger partial charge is 0.422 e. The van der Waals surface area contributed by atoms with Crippen LogP contribution in [0.5, 0.6) is 5.75 Å². The highest BCUT2D eigenvalue weighted by Gasteiger charge is 2.37. The van der Waals surface area contributed by atoms with E-state index in [4.69, 9.17) is 0 Å². The molecule has 0 fully saturated rings. The Balaban J connectivity index is 2.22. The summed E-state index contributed by atoms with van der Waals surface area (Å²) in [5, 5.41) is 12.5. The number of carbonyl (C=O) groups is 2. The van der Waals surface area contributed by atoms with Gasteiger partial charge in [-0.1, -0.05) is 12.1 Å². The first-order valence-corrected chi connectivity index (χ1v) is 11.0. The average molecular weight is 535 g/mol. The van der Waals surface area contributed by atoms with Crippen molar-refractivity contribution < 1.29 is 45.8 Å². The van der Waals surface area contributed by atoms with Gasteiger partial charge in [0.25, 0.3) is 0 Å². The molecule has 0 spiro atoms. The molecule has 13 heteroatoms. The van der Waals surface area contributed by atoms with Crippen molar-refractivity contribution in [3.05, 3.63) is 59.4 Å². The molecule has 0 aliphatic heterocycles. The van der Waals surface area contributed by atoms with E-state index in [-0.39, 0.29) is 11.3 Å². The van der Waals surface area contributed by atoms with Gasteiger partial charge in [-0.3, -0.25) is 14.7 Å². The second-order valence-electron chi connectivity index (χ2n) is 9.27. The molecule has 0 unspecified atom stereocenters. The fourth-order valence-electron chi connectivity index (χ4n) is 3.59. The van der Waals surface area contributed by atoms with Crippen molar-refractivity contribution in [1.82, 2.24) is 15.2 Å². The minimum absolute atomic E-state index is 0.121. The summed E-state index contributed by atoms with van der Waals surface area (Å²) in [6, 6.07) is 4.69. The van der Waals surface area contributed by atoms with Crippen LogP contribution in [-0.4, -0.2) is 45.3 Å². The number of carbonyl (C=O) groups excluding carboxylic acids is 1. The number of hydrogen-bond acceptors (Lipinski definition) is 4. The highest BCUT2D eigenvalue weighted by Crippen LogP contribution is 2.34. The SMILES string of the molecule is C[C@@H](NC(=O)C[C@H](c1ccc(C(F)(F)F)cc1)N(C(=O)O)C(C)(C)C)c1ccc(OCC(F)(F)F)cn1. The monoisotopic (exact) mass is 535 g/mol. The maximum Gasteiger partial charge on any atom is 0.422 e. The summed E-state index contributed by atoms with van der Waals surface area (Å²) in [6.45, 7) is 4.84. The van der Waals surface area contributed by atoms with Crippen LogP contribution in [0.3, 0.4) is 0 Å². The molecule has 0 bridgehead atoms. The van der Waals surface area contributed by atoms with Crippen molar-refractivity contribution in [3.63, 3.8) is 0 Å². The van der Waals surface area contributed by atoms with Gasteiger partial charge in [0, 0.05) is 5.54 Å². The highest BCUT2D eigenvalue weighted by molar-refractivity contribution is 5.78. The van der Waals surface area contributed by atoms with Crippen molar-refractivity contribution in [3.8, 4) is 5.75 Å². The van der Waals surface area contributed by atoms with Gasteiger partial charge in [0.05, 0.1) is 36.0 Å². The first-order chi connectivity index (χ1) is 16.9. The minimum atomic E-state index is -4.59. The quantitative estimate of drug-likeness (QED) is 0.397. The number of carboxylic acid groups (broad SMARTS) is 1. The number of pyridine rings is 1. The Labute approximate surface area is 209 Å². The first-order valence-electron chi connectivity index (χ1n) is 11.0. The third kappa shape index (κ3) is 8.83. The van der Waals surface area contributed by atoms with Gasteiger partial charge in [-0.05, 0) is 57.5 Å². The van der Waals surface area contributed by atoms with Gasteiger partial charge < -0.3 is 15.2 Å². The Morgan fingerprint density at radius 3 is 2.05 bits per heavy atom. The number of ether oxygens (including phenoxy) is 1. The third-order valence-electron chi connectivity index (χ3n) is 5.22. The lowest BCUT2D eigenvalue weighted by molar-refractivity contribution is -0.153. The summed E-state index contributed by atoms with van der Waals surface area (Å²) in [6.07, 6.45) is -9.81. The normalized spacial score (nSPS) is 14.0. The van der Waals surface area contributed by atoms with Gasteiger partial charge in [0.1, 0.15) is 5.75 Å². The zero-order valence-electron chi connectivity index (χ0n) is 20.4. The molecule has 204 valence electrons. The van der Waals surface area contributed by atoms with Crippen LogP contribution < -0.4 is 10.1 Å². The van der Waals surface area contributed by atoms with Crippen LogP contribution in [-0.2, 0) is 11.0 Å². The van der Waals surface area contributed by atoms with Gasteiger partial charge in [0.2, 0.25) is 5.91 Å². The molecule has 7 nitrogen and oxygen atoms in total. The molecule has 0 saturated heterocycles. The van der Waals surface area contributed by atoms with Crippen LogP contribution >= 0.6 is 0 Å². The summed E-state index contributed by atoms with van der Waals surface area (Å²) in [5.74, 6) is -0.739. The number of aromatic nitrogens is 1. The lowest BCUT2D eigenvalue weighted by atomic mass is 9.95. The number of nitrogens with zero attached hydrogens (tertiary/aromatic N) is 2. The van der Waals surface area contributed by atoms with E-state index in [1.54, 1.807) is 27.7 Å². The van der Waals surface area contributed by atoms with Crippen molar-refractivity contribution in [2.75, 3.05) is 6.61 Å². The molecule has 0 radical (unpaired) electrons. The number of benzene rings is 1. The summed E-state index contributed by atoms with van der Waals surface area (Å²) < 4.78 is 80.5. The lowest BCUT2D eigenvalue weighted by Gasteiger charge is -2.40. The molecule has 2 N–H and O–H groups in total. The van der Waals surface area contributed by atoms with Crippen LogP contribution in [0.4, 0.5) is 31.1 Å². The number of rotatable bonds is 8. The van der Waals surface area contributed by atoms with E-state index in [1.807, 2.05) is 0 Å². The van der Waals surface area contributed by atoms with Gasteiger partial charge in [-0.25, -0.2) is 4.79 Å². The molecule has 2 aromatic rings. The Morgan fingerprint density at radius 2 is 1.62 bits per heavy atom. The van der Waals surface area contributed by atoms with Crippen LogP contribution in [0.2, 0.25) is 0 Å². The summed E-state index contributed by atoms with van der Waals surface area (Å²) in [7, 11) is 0. The van der Waals surface area contributed by atoms with Crippen molar-refractivity contribution in [2.45, 2.75) is 64.1 Å². The number of nitrogens with one attached hydrogen (secondary N) is 1. The number of amides is 2. The molecular weight excluding hydrogens is 508 g/mol. The predicted molar refractivity (Wildman–Crippen MR) is 121 cm³/mol. The zero-order chi connectivity index (χ0) is 28.2. The Morgan fingerprint density at radius 1 is 1.03 bits per heavy atom. The average Bonchev–Trinajstić information content (AvgIpc) is 2.75. The Hall–Kier alpha value is -3.51. The maximum atomic E-state index is 13.0. The molecule has 1 heterocycles. The standard InChI is InChI=1S/C24H27F6N3O4/c1-14(18-10-9-17(12-31-18)37-13-23(25,26)27)32-20(34)11-19(33(21(35)36)22(2,3)4)15-5-7-16(8-6-15)24(28,29)30/h5-10,12,14,19H,11,13H2,1-4H3,(H,32,34)(H,35,36)/t14-,19-/m1/s1. The third-order valence-corrected chi connectivity index (χ3v) is 5.22. The van der Waals surface area contributed by atoms with E-state index in [1.165, 1.54) is 12.1 Å². The second kappa shape index (κ2) is 11.3. The van der Waals surface area contributed by atoms with Crippen LogP contribution in [0.15, 0.2) is 42.6 Å². The minimum Gasteiger partial charge on any atom is -0.483 e. The zero-order valence-corrected chi connectivity index (χ0v) is 20.4. The van der Waals surface area contributed by atoms with E-state index in [0.717, 1.165) is 35.4 Å². The molecule has 0 saturated carbocycles. The molecule has 2 rings (SSSR count). The largest absolute Gasteiger partial charge is 0.483 e. The maximum absolute atomic E-state index is 13.0.